The number of allylic oxidation sites excluding steroid dienone is 1. The highest BCUT2D eigenvalue weighted by Gasteiger charge is 2.27. The van der Waals surface area contributed by atoms with E-state index in [1.807, 2.05) is 0 Å². The molecule has 6 heteroatoms. The minimum absolute atomic E-state index is 0.433. The average molecular weight is 1090 g/mol. The molecule has 0 spiro atoms. The molecule has 0 fully saturated rings. The van der Waals surface area contributed by atoms with Gasteiger partial charge in [-0.25, -0.2) is 0 Å². The molecule has 1 unspecified atom stereocenters. The molecule has 1 aliphatic rings. The van der Waals surface area contributed by atoms with E-state index in [9.17, 15) is 0 Å². The molecule has 0 bridgehead atoms. The van der Waals surface area contributed by atoms with E-state index < -0.39 is 0 Å². The smallest absolute Gasteiger partial charge is 0.0641 e. The first-order chi connectivity index (χ1) is 42.1. The van der Waals surface area contributed by atoms with Gasteiger partial charge in [-0.15, -0.1) is 0 Å². The summed E-state index contributed by atoms with van der Waals surface area (Å²) in [5, 5.41) is 13.6. The van der Waals surface area contributed by atoms with E-state index >= 15 is 0 Å². The Balaban J connectivity index is 0.959. The standard InChI is InChI=1S/C79H52N6/c1-49-37-38-58-64-48-75-63(47-74(64)81(73(58)43-49)51-23-7-3-8-24-51)57-28-12-16-32-65(57)84(75)55-45-53(82-68-35-19-14-30-61(68)77-71(82)42-41-70-76(77)60-29-13-18-34-67(60)80(70)50-21-5-2-6-22-50)44-54(46-55)83-69-36-20-15-31-62(69)78-72(83)40-39-59-56-27-11-17-33-66(56)85(79(59)78)52-25-9-4-10-26-52/h2-42,44-49H,43H2,1H3. The summed E-state index contributed by atoms with van der Waals surface area (Å²) in [6.07, 6.45) is 5.75. The lowest BCUT2D eigenvalue weighted by Crippen LogP contribution is -2.08. The van der Waals surface area contributed by atoms with Gasteiger partial charge in [0.1, 0.15) is 0 Å². The molecule has 1 atom stereocenters. The Kier molecular flexibility index (Phi) is 9.56. The zero-order valence-corrected chi connectivity index (χ0v) is 46.5. The Labute approximate surface area is 488 Å². The topological polar surface area (TPSA) is 29.6 Å². The summed E-state index contributed by atoms with van der Waals surface area (Å²) in [7, 11) is 0. The molecule has 6 aromatic heterocycles. The number of hydrogen-bond acceptors (Lipinski definition) is 0. The molecule has 0 N–H and O–H groups in total. The monoisotopic (exact) mass is 1080 g/mol. The second kappa shape index (κ2) is 17.5. The van der Waals surface area contributed by atoms with Gasteiger partial charge in [0.2, 0.25) is 0 Å². The molecule has 1 aliphatic carbocycles. The number of aromatic nitrogens is 6. The summed E-state index contributed by atoms with van der Waals surface area (Å²) in [6, 6.07) is 99.4. The van der Waals surface area contributed by atoms with Crippen LogP contribution in [0.3, 0.4) is 0 Å². The zero-order valence-electron chi connectivity index (χ0n) is 46.5. The third-order valence-electron chi connectivity index (χ3n) is 18.7. The lowest BCUT2D eigenvalue weighted by molar-refractivity contribution is 0.690. The molecule has 12 aromatic carbocycles. The van der Waals surface area contributed by atoms with E-state index in [2.05, 4.69) is 313 Å². The molecular formula is C79H52N6. The molecular weight excluding hydrogens is 1030 g/mol. The summed E-state index contributed by atoms with van der Waals surface area (Å²) in [5.41, 5.74) is 22.3. The Hall–Kier alpha value is -11.1. The number of hydrogen-bond donors (Lipinski definition) is 0. The minimum Gasteiger partial charge on any atom is -0.313 e. The number of rotatable bonds is 6. The van der Waals surface area contributed by atoms with Crippen molar-refractivity contribution in [2.75, 3.05) is 0 Å². The molecule has 85 heavy (non-hydrogen) atoms. The Morgan fingerprint density at radius 1 is 0.259 bits per heavy atom. The second-order valence-electron chi connectivity index (χ2n) is 23.3. The fourth-order valence-electron chi connectivity index (χ4n) is 15.2. The predicted octanol–water partition coefficient (Wildman–Crippen LogP) is 20.3. The minimum atomic E-state index is 0.433. The van der Waals surface area contributed by atoms with Crippen LogP contribution in [-0.4, -0.2) is 27.4 Å². The van der Waals surface area contributed by atoms with Crippen LogP contribution in [0.5, 0.6) is 0 Å². The molecule has 6 heterocycles. The van der Waals surface area contributed by atoms with Crippen molar-refractivity contribution in [2.45, 2.75) is 13.3 Å². The normalized spacial score (nSPS) is 13.7. The van der Waals surface area contributed by atoms with Gasteiger partial charge in [-0.1, -0.05) is 171 Å². The van der Waals surface area contributed by atoms with Crippen LogP contribution in [0.4, 0.5) is 0 Å². The van der Waals surface area contributed by atoms with Gasteiger partial charge in [0, 0.05) is 87.6 Å². The molecule has 398 valence electrons. The van der Waals surface area contributed by atoms with E-state index in [1.165, 1.54) is 109 Å². The summed E-state index contributed by atoms with van der Waals surface area (Å²) in [6.45, 7) is 2.33. The Bertz CT molecular complexity index is 5880. The third-order valence-corrected chi connectivity index (χ3v) is 18.7. The maximum Gasteiger partial charge on any atom is 0.0641 e. The SMILES string of the molecule is CC1C=Cc2c(n(-c3ccccc3)c3cc4c5ccccc5n(-c5cc(-n6c7ccccc7c7c8c9ccccc9n(-c9ccccc9)c8ccc76)cc(-n6c7ccccc7c7c6ccc6c8ccccc8n(-c8ccccc8)c67)c5)c4cc23)C1. The van der Waals surface area contributed by atoms with E-state index in [0.717, 1.165) is 62.4 Å². The predicted molar refractivity (Wildman–Crippen MR) is 357 cm³/mol. The quantitative estimate of drug-likeness (QED) is 0.159. The third kappa shape index (κ3) is 6.43. The van der Waals surface area contributed by atoms with Crippen molar-refractivity contribution in [1.29, 1.82) is 0 Å². The van der Waals surface area contributed by atoms with Crippen LogP contribution in [0.25, 0.3) is 160 Å². The first-order valence-corrected chi connectivity index (χ1v) is 29.6. The van der Waals surface area contributed by atoms with Gasteiger partial charge >= 0.3 is 0 Å². The van der Waals surface area contributed by atoms with Crippen molar-refractivity contribution in [3.63, 3.8) is 0 Å². The van der Waals surface area contributed by atoms with Crippen molar-refractivity contribution in [1.82, 2.24) is 27.4 Å². The maximum absolute atomic E-state index is 2.55. The van der Waals surface area contributed by atoms with Crippen LogP contribution in [0.1, 0.15) is 18.2 Å². The second-order valence-corrected chi connectivity index (χ2v) is 23.3. The number of para-hydroxylation sites is 8. The van der Waals surface area contributed by atoms with Crippen molar-refractivity contribution < 1.29 is 0 Å². The van der Waals surface area contributed by atoms with Gasteiger partial charge in [-0.05, 0) is 128 Å². The largest absolute Gasteiger partial charge is 0.313 e. The highest BCUT2D eigenvalue weighted by Crippen LogP contribution is 2.47. The molecule has 0 saturated carbocycles. The fraction of sp³-hybridized carbons (Fsp3) is 0.0380. The summed E-state index contributed by atoms with van der Waals surface area (Å²) >= 11 is 0. The molecule has 6 nitrogen and oxygen atoms in total. The highest BCUT2D eigenvalue weighted by molar-refractivity contribution is 6.30. The van der Waals surface area contributed by atoms with Gasteiger partial charge in [0.25, 0.3) is 0 Å². The van der Waals surface area contributed by atoms with Crippen LogP contribution in [0, 0.1) is 5.92 Å². The number of nitrogens with zero attached hydrogens (tertiary/aromatic N) is 6. The molecule has 0 aliphatic heterocycles. The van der Waals surface area contributed by atoms with Crippen LogP contribution in [0.2, 0.25) is 0 Å². The van der Waals surface area contributed by atoms with Crippen molar-refractivity contribution >= 4 is 126 Å². The van der Waals surface area contributed by atoms with Gasteiger partial charge < -0.3 is 27.4 Å². The van der Waals surface area contributed by atoms with Crippen molar-refractivity contribution in [3.8, 4) is 34.1 Å². The highest BCUT2D eigenvalue weighted by atomic mass is 15.1. The first kappa shape index (κ1) is 46.5. The maximum atomic E-state index is 2.55. The van der Waals surface area contributed by atoms with E-state index in [1.54, 1.807) is 0 Å². The zero-order chi connectivity index (χ0) is 55.6. The van der Waals surface area contributed by atoms with E-state index in [-0.39, 0.29) is 0 Å². The van der Waals surface area contributed by atoms with Gasteiger partial charge in [0.05, 0.1) is 77.7 Å². The lowest BCUT2D eigenvalue weighted by Gasteiger charge is -2.17. The lowest BCUT2D eigenvalue weighted by atomic mass is 9.94. The number of fused-ring (bicyclic) bond motifs is 20. The van der Waals surface area contributed by atoms with Crippen molar-refractivity contribution in [3.05, 3.63) is 284 Å². The Morgan fingerprint density at radius 3 is 1.16 bits per heavy atom. The fourth-order valence-corrected chi connectivity index (χ4v) is 15.2. The van der Waals surface area contributed by atoms with Crippen molar-refractivity contribution in [2.24, 2.45) is 5.92 Å². The molecule has 0 saturated heterocycles. The summed E-state index contributed by atoms with van der Waals surface area (Å²) in [5.74, 6) is 0.433. The number of benzene rings is 12. The molecule has 18 aromatic rings. The van der Waals surface area contributed by atoms with Gasteiger partial charge in [-0.2, -0.15) is 0 Å². The van der Waals surface area contributed by atoms with Crippen LogP contribution in [-0.2, 0) is 6.42 Å². The molecule has 0 amide bonds. The first-order valence-electron chi connectivity index (χ1n) is 29.6. The van der Waals surface area contributed by atoms with Gasteiger partial charge in [0.15, 0.2) is 0 Å². The summed E-state index contributed by atoms with van der Waals surface area (Å²) < 4.78 is 15.1. The Morgan fingerprint density at radius 2 is 0.624 bits per heavy atom. The van der Waals surface area contributed by atoms with E-state index in [4.69, 9.17) is 0 Å². The molecule has 19 rings (SSSR count). The average Bonchev–Trinajstić information content (AvgIpc) is 2.82. The summed E-state index contributed by atoms with van der Waals surface area (Å²) in [4.78, 5) is 0. The van der Waals surface area contributed by atoms with E-state index in [0.29, 0.717) is 5.92 Å². The van der Waals surface area contributed by atoms with Crippen LogP contribution in [0.15, 0.2) is 273 Å². The molecule has 0 radical (unpaired) electrons. The van der Waals surface area contributed by atoms with Crippen LogP contribution >= 0.6 is 0 Å². The van der Waals surface area contributed by atoms with Gasteiger partial charge in [-0.3, -0.25) is 0 Å². The van der Waals surface area contributed by atoms with Crippen LogP contribution < -0.4 is 0 Å².